The molecule has 0 atom stereocenters. The topological polar surface area (TPSA) is 64.1 Å². The van der Waals surface area contributed by atoms with E-state index in [9.17, 15) is 0 Å². The summed E-state index contributed by atoms with van der Waals surface area (Å²) in [7, 11) is 0. The van der Waals surface area contributed by atoms with Crippen molar-refractivity contribution < 1.29 is 11.0 Å². The Hall–Kier alpha value is -0.120. The molecule has 0 aromatic carbocycles. The standard InChI is InChI=1S/C7H19N3/c8-4-1-2-6-10-7-3-5-9/h10H,1-9H2/i1D2,2D2,4D2/hD2. The minimum Gasteiger partial charge on any atom is -0.330 e. The molecule has 0 aliphatic heterocycles. The van der Waals surface area contributed by atoms with Gasteiger partial charge in [-0.25, -0.2) is 0 Å². The summed E-state index contributed by atoms with van der Waals surface area (Å²) in [5, 5.41) is 2.64. The minimum absolute atomic E-state index is 0.389. The van der Waals surface area contributed by atoms with Gasteiger partial charge in [0.05, 0.1) is 0 Å². The Morgan fingerprint density at radius 1 is 1.40 bits per heavy atom. The Morgan fingerprint density at radius 3 is 3.00 bits per heavy atom. The lowest BCUT2D eigenvalue weighted by atomic mass is 10.3. The molecule has 0 radical (unpaired) electrons. The molecule has 0 spiro atoms. The number of nitrogens with one attached hydrogen (secondary N) is 1. The molecule has 0 unspecified atom stereocenters. The van der Waals surface area contributed by atoms with Crippen molar-refractivity contribution in [1.82, 2.24) is 5.32 Å². The second-order valence-corrected chi connectivity index (χ2v) is 1.73. The Bertz CT molecular complexity index is 257. The molecular weight excluding hydrogens is 126 g/mol. The Kier molecular flexibility index (Phi) is 2.43. The van der Waals surface area contributed by atoms with Crippen LogP contribution in [0.5, 0.6) is 0 Å². The van der Waals surface area contributed by atoms with E-state index >= 15 is 0 Å². The van der Waals surface area contributed by atoms with Gasteiger partial charge in [0.1, 0.15) is 2.82 Å². The lowest BCUT2D eigenvalue weighted by Crippen LogP contribution is -2.19. The molecule has 0 aliphatic rings. The van der Waals surface area contributed by atoms with E-state index in [-0.39, 0.29) is 0 Å². The quantitative estimate of drug-likeness (QED) is 0.418. The van der Waals surface area contributed by atoms with Gasteiger partial charge in [-0.3, -0.25) is 0 Å². The van der Waals surface area contributed by atoms with Gasteiger partial charge in [-0.1, -0.05) is 0 Å². The summed E-state index contributed by atoms with van der Waals surface area (Å²) in [6, 6.07) is 0. The first-order valence-corrected chi connectivity index (χ1v) is 3.19. The molecule has 62 valence electrons. The molecule has 0 heterocycles. The van der Waals surface area contributed by atoms with Crippen LogP contribution in [-0.2, 0) is 0 Å². The van der Waals surface area contributed by atoms with Gasteiger partial charge >= 0.3 is 0 Å². The number of hydrogen-bond acceptors (Lipinski definition) is 3. The van der Waals surface area contributed by atoms with Crippen LogP contribution in [0.1, 0.15) is 27.4 Å². The number of rotatable bonds is 8. The van der Waals surface area contributed by atoms with E-state index in [1.807, 2.05) is 0 Å². The third-order valence-electron chi connectivity index (χ3n) is 0.915. The van der Waals surface area contributed by atoms with Crippen LogP contribution in [0.4, 0.5) is 0 Å². The summed E-state index contributed by atoms with van der Waals surface area (Å²) in [5.41, 5.74) is 4.80. The zero-order valence-electron chi connectivity index (χ0n) is 13.9. The molecule has 0 saturated carbocycles. The summed E-state index contributed by atoms with van der Waals surface area (Å²) < 4.78 is 58.5. The highest BCUT2D eigenvalue weighted by Crippen LogP contribution is 1.81. The van der Waals surface area contributed by atoms with Crippen molar-refractivity contribution in [1.29, 1.82) is 0 Å². The summed E-state index contributed by atoms with van der Waals surface area (Å²) in [6.07, 6.45) is -4.99. The Labute approximate surface area is 74.5 Å². The predicted molar refractivity (Wildman–Crippen MR) is 44.8 cm³/mol. The van der Waals surface area contributed by atoms with Crippen LogP contribution in [0.2, 0.25) is 2.82 Å². The predicted octanol–water partition coefficient (Wildman–Crippen LogP) is -0.336. The number of hydrogen-bond donors (Lipinski definition) is 3. The third kappa shape index (κ3) is 7.88. The lowest BCUT2D eigenvalue weighted by molar-refractivity contribution is 0.611. The minimum atomic E-state index is -3.06. The van der Waals surface area contributed by atoms with Crippen molar-refractivity contribution in [2.75, 3.05) is 26.1 Å². The van der Waals surface area contributed by atoms with Crippen molar-refractivity contribution in [3.8, 4) is 0 Å². The van der Waals surface area contributed by atoms with Gasteiger partial charge in [0.2, 0.25) is 0 Å². The third-order valence-corrected chi connectivity index (χ3v) is 0.915. The van der Waals surface area contributed by atoms with Gasteiger partial charge in [0.15, 0.2) is 0 Å². The van der Waals surface area contributed by atoms with Crippen LogP contribution < -0.4 is 16.8 Å². The van der Waals surface area contributed by atoms with E-state index in [2.05, 4.69) is 5.32 Å². The first kappa shape index (κ1) is 2.73. The zero-order valence-corrected chi connectivity index (χ0v) is 5.85. The monoisotopic (exact) mass is 153 g/mol. The molecule has 5 N–H and O–H groups in total. The van der Waals surface area contributed by atoms with Crippen molar-refractivity contribution in [2.45, 2.75) is 19.2 Å². The van der Waals surface area contributed by atoms with E-state index in [1.165, 1.54) is 0 Å². The summed E-state index contributed by atoms with van der Waals surface area (Å²) in [5.74, 6) is 0. The molecule has 0 fully saturated rings. The second-order valence-electron chi connectivity index (χ2n) is 1.73. The normalized spacial score (nSPS) is 26.6. The fraction of sp³-hybridized carbons (Fsp3) is 1.00. The lowest BCUT2D eigenvalue weighted by Gasteiger charge is -2.01. The van der Waals surface area contributed by atoms with Crippen molar-refractivity contribution in [3.05, 3.63) is 0 Å². The molecule has 3 heteroatoms. The molecule has 0 amide bonds. The van der Waals surface area contributed by atoms with E-state index in [0.717, 1.165) is 0 Å². The summed E-state index contributed by atoms with van der Waals surface area (Å²) in [6.45, 7) is -2.68. The van der Waals surface area contributed by atoms with Crippen molar-refractivity contribution >= 4 is 0 Å². The molecule has 0 bridgehead atoms. The van der Waals surface area contributed by atoms with Crippen LogP contribution in [-0.4, -0.2) is 26.1 Å². The van der Waals surface area contributed by atoms with E-state index in [4.69, 9.17) is 16.8 Å². The maximum atomic E-state index is 7.58. The highest BCUT2D eigenvalue weighted by atomic mass is 14.8. The van der Waals surface area contributed by atoms with Crippen molar-refractivity contribution in [2.24, 2.45) is 11.5 Å². The fourth-order valence-corrected chi connectivity index (χ4v) is 0.462. The van der Waals surface area contributed by atoms with Crippen molar-refractivity contribution in [3.63, 3.8) is 0 Å². The molecule has 3 nitrogen and oxygen atoms in total. The van der Waals surface area contributed by atoms with E-state index in [1.54, 1.807) is 0 Å². The molecule has 0 aliphatic carbocycles. The number of nitrogens with two attached hydrogens (primary N) is 2. The molecule has 0 aromatic rings. The first-order chi connectivity index (χ1) is 8.00. The largest absolute Gasteiger partial charge is 0.330 e. The van der Waals surface area contributed by atoms with Crippen LogP contribution in [0.3, 0.4) is 0 Å². The van der Waals surface area contributed by atoms with Crippen LogP contribution in [0, 0.1) is 0 Å². The summed E-state index contributed by atoms with van der Waals surface area (Å²) >= 11 is 0. The van der Waals surface area contributed by atoms with E-state index in [0.29, 0.717) is 19.5 Å². The highest BCUT2D eigenvalue weighted by Gasteiger charge is 1.85. The smallest absolute Gasteiger partial charge is 0.118 e. The second kappa shape index (κ2) is 8.88. The maximum Gasteiger partial charge on any atom is 0.118 e. The zero-order chi connectivity index (χ0) is 14.6. The van der Waals surface area contributed by atoms with Gasteiger partial charge < -0.3 is 16.8 Å². The average Bonchev–Trinajstić information content (AvgIpc) is 2.23. The Balaban J connectivity index is 4.74. The molecular formula is C7H19N3. The highest BCUT2D eigenvalue weighted by molar-refractivity contribution is 4.49. The van der Waals surface area contributed by atoms with Gasteiger partial charge in [-0.15, -0.1) is 0 Å². The summed E-state index contributed by atoms with van der Waals surface area (Å²) in [4.78, 5) is 0. The van der Waals surface area contributed by atoms with E-state index < -0.39 is 31.5 Å². The maximum absolute atomic E-state index is 7.58. The van der Waals surface area contributed by atoms with Gasteiger partial charge in [0, 0.05) is 8.22 Å². The SMILES string of the molecule is [2H]N([2H])C([2H])([2H])C([2H])([2H])C([2H])([2H])CNCCCN. The van der Waals surface area contributed by atoms with Crippen LogP contribution in [0.15, 0.2) is 0 Å². The van der Waals surface area contributed by atoms with Gasteiger partial charge in [0.25, 0.3) is 0 Å². The Morgan fingerprint density at radius 2 is 2.30 bits per heavy atom. The molecule has 0 saturated heterocycles. The molecule has 0 aromatic heterocycles. The van der Waals surface area contributed by atoms with Crippen LogP contribution in [0.25, 0.3) is 0 Å². The molecule has 10 heavy (non-hydrogen) atoms. The van der Waals surface area contributed by atoms with Gasteiger partial charge in [-0.05, 0) is 45.3 Å². The first-order valence-electron chi connectivity index (χ1n) is 7.09. The average molecular weight is 153 g/mol. The van der Waals surface area contributed by atoms with Crippen LogP contribution >= 0.6 is 0 Å². The fourth-order valence-electron chi connectivity index (χ4n) is 0.462. The molecule has 0 rings (SSSR count). The van der Waals surface area contributed by atoms with Gasteiger partial charge in [-0.2, -0.15) is 0 Å².